The zero-order valence-corrected chi connectivity index (χ0v) is 14.3. The van der Waals surface area contributed by atoms with Gasteiger partial charge in [0.25, 0.3) is 5.91 Å². The number of methoxy groups -OCH3 is 1. The predicted octanol–water partition coefficient (Wildman–Crippen LogP) is 3.99. The van der Waals surface area contributed by atoms with Gasteiger partial charge >= 0.3 is 0 Å². The van der Waals surface area contributed by atoms with E-state index in [1.807, 2.05) is 6.07 Å². The van der Waals surface area contributed by atoms with Gasteiger partial charge in [-0.3, -0.25) is 4.79 Å². The molecule has 6 heteroatoms. The van der Waals surface area contributed by atoms with Gasteiger partial charge in [0, 0.05) is 17.0 Å². The van der Waals surface area contributed by atoms with Crippen molar-refractivity contribution >= 4 is 29.4 Å². The van der Waals surface area contributed by atoms with Crippen LogP contribution in [-0.4, -0.2) is 18.9 Å². The SMILES string of the molecule is COc1ccc(Cl)cc1/C=C1/N=C(CCc2cccc(F)c2)NC1=O. The van der Waals surface area contributed by atoms with Crippen LogP contribution in [0.15, 0.2) is 53.2 Å². The summed E-state index contributed by atoms with van der Waals surface area (Å²) in [7, 11) is 1.55. The number of rotatable bonds is 5. The minimum absolute atomic E-state index is 0.275. The largest absolute Gasteiger partial charge is 0.496 e. The van der Waals surface area contributed by atoms with Crippen molar-refractivity contribution in [2.75, 3.05) is 7.11 Å². The number of amides is 1. The van der Waals surface area contributed by atoms with Crippen LogP contribution in [0, 0.1) is 5.82 Å². The number of aryl methyl sites for hydroxylation is 1. The molecule has 0 radical (unpaired) electrons. The van der Waals surface area contributed by atoms with Crippen LogP contribution in [0.1, 0.15) is 17.5 Å². The summed E-state index contributed by atoms with van der Waals surface area (Å²) < 4.78 is 18.5. The Kier molecular flexibility index (Phi) is 5.14. The number of amidine groups is 1. The standard InChI is InChI=1S/C19H16ClFN2O2/c1-25-17-7-6-14(20)10-13(17)11-16-19(24)23-18(22-16)8-5-12-3-2-4-15(21)9-12/h2-4,6-7,9-11H,5,8H2,1H3,(H,22,23,24)/b16-11+. The molecule has 0 aromatic heterocycles. The van der Waals surface area contributed by atoms with Crippen molar-refractivity contribution in [3.8, 4) is 5.75 Å². The maximum absolute atomic E-state index is 13.2. The van der Waals surface area contributed by atoms with Crippen LogP contribution in [0.3, 0.4) is 0 Å². The second-order valence-corrected chi connectivity index (χ2v) is 5.99. The van der Waals surface area contributed by atoms with Crippen molar-refractivity contribution in [1.82, 2.24) is 5.32 Å². The molecule has 128 valence electrons. The third-order valence-electron chi connectivity index (χ3n) is 3.77. The Hall–Kier alpha value is -2.66. The molecule has 1 heterocycles. The minimum atomic E-state index is -0.281. The smallest absolute Gasteiger partial charge is 0.275 e. The Morgan fingerprint density at radius 1 is 1.24 bits per heavy atom. The summed E-state index contributed by atoms with van der Waals surface area (Å²) in [6, 6.07) is 11.5. The van der Waals surface area contributed by atoms with E-state index in [0.717, 1.165) is 5.56 Å². The van der Waals surface area contributed by atoms with Crippen LogP contribution in [-0.2, 0) is 11.2 Å². The van der Waals surface area contributed by atoms with Gasteiger partial charge in [-0.15, -0.1) is 0 Å². The molecule has 0 saturated heterocycles. The summed E-state index contributed by atoms with van der Waals surface area (Å²) >= 11 is 6.00. The number of carbonyl (C=O) groups is 1. The molecule has 25 heavy (non-hydrogen) atoms. The van der Waals surface area contributed by atoms with E-state index in [2.05, 4.69) is 10.3 Å². The molecular formula is C19H16ClFN2O2. The zero-order valence-electron chi connectivity index (χ0n) is 13.6. The van der Waals surface area contributed by atoms with E-state index < -0.39 is 0 Å². The van der Waals surface area contributed by atoms with E-state index in [1.165, 1.54) is 12.1 Å². The van der Waals surface area contributed by atoms with Crippen LogP contribution in [0.4, 0.5) is 4.39 Å². The summed E-state index contributed by atoms with van der Waals surface area (Å²) in [6.07, 6.45) is 2.74. The van der Waals surface area contributed by atoms with Crippen LogP contribution >= 0.6 is 11.6 Å². The third-order valence-corrected chi connectivity index (χ3v) is 4.00. The summed E-state index contributed by atoms with van der Waals surface area (Å²) in [4.78, 5) is 16.4. The molecule has 0 bridgehead atoms. The van der Waals surface area contributed by atoms with E-state index in [9.17, 15) is 9.18 Å². The fourth-order valence-corrected chi connectivity index (χ4v) is 2.74. The van der Waals surface area contributed by atoms with E-state index >= 15 is 0 Å². The molecule has 2 aromatic carbocycles. The Bertz CT molecular complexity index is 877. The molecule has 0 fully saturated rings. The fraction of sp³-hybridized carbons (Fsp3) is 0.158. The average molecular weight is 359 g/mol. The highest BCUT2D eigenvalue weighted by Gasteiger charge is 2.20. The summed E-state index contributed by atoms with van der Waals surface area (Å²) in [5, 5.41) is 3.28. The van der Waals surface area contributed by atoms with Crippen molar-refractivity contribution in [2.45, 2.75) is 12.8 Å². The van der Waals surface area contributed by atoms with Gasteiger partial charge in [-0.25, -0.2) is 9.38 Å². The molecule has 1 amide bonds. The van der Waals surface area contributed by atoms with Crippen LogP contribution in [0.5, 0.6) is 5.75 Å². The first kappa shape index (κ1) is 17.2. The molecule has 2 aromatic rings. The second kappa shape index (κ2) is 7.49. The lowest BCUT2D eigenvalue weighted by atomic mass is 10.1. The predicted molar refractivity (Wildman–Crippen MR) is 96.3 cm³/mol. The highest BCUT2D eigenvalue weighted by Crippen LogP contribution is 2.26. The van der Waals surface area contributed by atoms with Gasteiger partial charge in [0.05, 0.1) is 7.11 Å². The number of hydrogen-bond acceptors (Lipinski definition) is 3. The van der Waals surface area contributed by atoms with Crippen molar-refractivity contribution in [3.63, 3.8) is 0 Å². The molecule has 1 N–H and O–H groups in total. The molecule has 4 nitrogen and oxygen atoms in total. The topological polar surface area (TPSA) is 50.7 Å². The molecule has 0 aliphatic carbocycles. The fourth-order valence-electron chi connectivity index (χ4n) is 2.56. The van der Waals surface area contributed by atoms with E-state index in [0.29, 0.717) is 35.0 Å². The number of benzene rings is 2. The molecule has 1 aliphatic heterocycles. The maximum Gasteiger partial charge on any atom is 0.275 e. The molecular weight excluding hydrogens is 343 g/mol. The molecule has 0 unspecified atom stereocenters. The number of ether oxygens (including phenoxy) is 1. The Morgan fingerprint density at radius 2 is 2.08 bits per heavy atom. The van der Waals surface area contributed by atoms with E-state index in [1.54, 1.807) is 37.5 Å². The van der Waals surface area contributed by atoms with Gasteiger partial charge in [0.15, 0.2) is 0 Å². The second-order valence-electron chi connectivity index (χ2n) is 5.56. The van der Waals surface area contributed by atoms with Gasteiger partial charge in [-0.1, -0.05) is 23.7 Å². The quantitative estimate of drug-likeness (QED) is 0.822. The number of nitrogens with one attached hydrogen (secondary N) is 1. The van der Waals surface area contributed by atoms with E-state index in [-0.39, 0.29) is 17.4 Å². The lowest BCUT2D eigenvalue weighted by molar-refractivity contribution is -0.115. The zero-order chi connectivity index (χ0) is 17.8. The van der Waals surface area contributed by atoms with Crippen LogP contribution in [0.25, 0.3) is 6.08 Å². The van der Waals surface area contributed by atoms with Gasteiger partial charge in [-0.05, 0) is 48.4 Å². The summed E-state index contributed by atoms with van der Waals surface area (Å²) in [5.74, 6) is 0.606. The van der Waals surface area contributed by atoms with Crippen molar-refractivity contribution in [1.29, 1.82) is 0 Å². The van der Waals surface area contributed by atoms with Gasteiger partial charge in [0.1, 0.15) is 23.1 Å². The lowest BCUT2D eigenvalue weighted by Gasteiger charge is -2.05. The Balaban J connectivity index is 1.77. The summed E-state index contributed by atoms with van der Waals surface area (Å²) in [6.45, 7) is 0. The van der Waals surface area contributed by atoms with Crippen molar-refractivity contribution in [2.24, 2.45) is 4.99 Å². The molecule has 0 saturated carbocycles. The minimum Gasteiger partial charge on any atom is -0.496 e. The molecule has 1 aliphatic rings. The first-order valence-electron chi connectivity index (χ1n) is 7.74. The average Bonchev–Trinajstić information content (AvgIpc) is 2.93. The molecule has 3 rings (SSSR count). The van der Waals surface area contributed by atoms with Crippen molar-refractivity contribution in [3.05, 3.63) is 70.1 Å². The van der Waals surface area contributed by atoms with Crippen molar-refractivity contribution < 1.29 is 13.9 Å². The van der Waals surface area contributed by atoms with E-state index in [4.69, 9.17) is 16.3 Å². The van der Waals surface area contributed by atoms with Gasteiger partial charge < -0.3 is 10.1 Å². The van der Waals surface area contributed by atoms with Gasteiger partial charge in [0.2, 0.25) is 0 Å². The normalized spacial score (nSPS) is 15.2. The number of nitrogens with zero attached hydrogens (tertiary/aromatic N) is 1. The highest BCUT2D eigenvalue weighted by atomic mass is 35.5. The first-order valence-corrected chi connectivity index (χ1v) is 8.11. The van der Waals surface area contributed by atoms with Crippen LogP contribution < -0.4 is 10.1 Å². The lowest BCUT2D eigenvalue weighted by Crippen LogP contribution is -2.24. The third kappa shape index (κ3) is 4.25. The number of aliphatic imine (C=N–C) groups is 1. The number of hydrogen-bond donors (Lipinski definition) is 1. The molecule has 0 atom stereocenters. The Labute approximate surface area is 150 Å². The monoisotopic (exact) mass is 358 g/mol. The first-order chi connectivity index (χ1) is 12.0. The highest BCUT2D eigenvalue weighted by molar-refractivity contribution is 6.30. The van der Waals surface area contributed by atoms with Gasteiger partial charge in [-0.2, -0.15) is 0 Å². The number of carbonyl (C=O) groups excluding carboxylic acids is 1. The number of halogens is 2. The maximum atomic E-state index is 13.2. The van der Waals surface area contributed by atoms with Crippen LogP contribution in [0.2, 0.25) is 5.02 Å². The summed E-state index contributed by atoms with van der Waals surface area (Å²) in [5.41, 5.74) is 1.82. The molecule has 0 spiro atoms. The Morgan fingerprint density at radius 3 is 2.84 bits per heavy atom.